The van der Waals surface area contributed by atoms with Gasteiger partial charge in [-0.3, -0.25) is 9.59 Å². The largest absolute Gasteiger partial charge is 0.472 e. The van der Waals surface area contributed by atoms with Crippen LogP contribution in [-0.2, 0) is 4.79 Å². The maximum atomic E-state index is 12.6. The van der Waals surface area contributed by atoms with Gasteiger partial charge in [0.2, 0.25) is 5.91 Å². The molecule has 1 aliphatic heterocycles. The zero-order valence-electron chi connectivity index (χ0n) is 13.0. The van der Waals surface area contributed by atoms with Gasteiger partial charge >= 0.3 is 0 Å². The van der Waals surface area contributed by atoms with E-state index < -0.39 is 6.04 Å². The number of nitrogens with two attached hydrogens (primary N) is 1. The van der Waals surface area contributed by atoms with Crippen molar-refractivity contribution in [2.24, 2.45) is 5.73 Å². The fourth-order valence-electron chi connectivity index (χ4n) is 2.76. The van der Waals surface area contributed by atoms with Gasteiger partial charge in [0.25, 0.3) is 5.91 Å². The summed E-state index contributed by atoms with van der Waals surface area (Å²) in [6.45, 7) is 4.33. The van der Waals surface area contributed by atoms with Crippen molar-refractivity contribution in [1.82, 2.24) is 10.2 Å². The molecule has 1 aromatic heterocycles. The van der Waals surface area contributed by atoms with Gasteiger partial charge < -0.3 is 20.4 Å². The van der Waals surface area contributed by atoms with E-state index >= 15 is 0 Å². The van der Waals surface area contributed by atoms with Gasteiger partial charge in [-0.1, -0.05) is 0 Å². The number of furan rings is 1. The molecule has 2 rings (SSSR count). The highest BCUT2D eigenvalue weighted by molar-refractivity contribution is 5.97. The van der Waals surface area contributed by atoms with E-state index in [-0.39, 0.29) is 36.3 Å². The lowest BCUT2D eigenvalue weighted by Gasteiger charge is -2.39. The molecule has 1 fully saturated rings. The Labute approximate surface area is 136 Å². The number of rotatable bonds is 4. The number of amides is 2. The highest BCUT2D eigenvalue weighted by Crippen LogP contribution is 2.20. The van der Waals surface area contributed by atoms with Crippen molar-refractivity contribution in [2.75, 3.05) is 6.54 Å². The first-order valence-corrected chi connectivity index (χ1v) is 7.40. The fourth-order valence-corrected chi connectivity index (χ4v) is 2.76. The van der Waals surface area contributed by atoms with Crippen molar-refractivity contribution in [3.05, 3.63) is 24.2 Å². The number of halogens is 1. The topological polar surface area (TPSA) is 88.6 Å². The summed E-state index contributed by atoms with van der Waals surface area (Å²) in [5.74, 6) is -0.382. The Morgan fingerprint density at radius 3 is 2.73 bits per heavy atom. The molecule has 0 radical (unpaired) electrons. The Balaban J connectivity index is 0.00000242. The van der Waals surface area contributed by atoms with Gasteiger partial charge in [-0.2, -0.15) is 0 Å². The predicted octanol–water partition coefficient (Wildman–Crippen LogP) is 1.55. The van der Waals surface area contributed by atoms with Crippen LogP contribution in [0.3, 0.4) is 0 Å². The van der Waals surface area contributed by atoms with Crippen LogP contribution in [0.15, 0.2) is 23.0 Å². The van der Waals surface area contributed by atoms with Gasteiger partial charge in [0.15, 0.2) is 0 Å². The Bertz CT molecular complexity index is 490. The maximum Gasteiger partial charge on any atom is 0.255 e. The molecule has 6 nitrogen and oxygen atoms in total. The van der Waals surface area contributed by atoms with Gasteiger partial charge in [-0.05, 0) is 39.2 Å². The molecule has 1 aromatic rings. The quantitative estimate of drug-likeness (QED) is 0.877. The minimum absolute atomic E-state index is 0. The summed E-state index contributed by atoms with van der Waals surface area (Å²) in [5, 5.41) is 2.71. The molecule has 0 spiro atoms. The Kier molecular flexibility index (Phi) is 6.90. The molecular weight excluding hydrogens is 306 g/mol. The van der Waals surface area contributed by atoms with E-state index in [4.69, 9.17) is 10.2 Å². The average Bonchev–Trinajstić information content (AvgIpc) is 3.00. The lowest BCUT2D eigenvalue weighted by molar-refractivity contribution is -0.137. The number of nitrogens with one attached hydrogen (secondary N) is 1. The highest BCUT2D eigenvalue weighted by Gasteiger charge is 2.32. The van der Waals surface area contributed by atoms with E-state index in [9.17, 15) is 9.59 Å². The molecule has 7 heteroatoms. The lowest BCUT2D eigenvalue weighted by atomic mass is 9.96. The second-order valence-corrected chi connectivity index (χ2v) is 5.66. The third kappa shape index (κ3) is 4.24. The van der Waals surface area contributed by atoms with Gasteiger partial charge in [-0.15, -0.1) is 12.4 Å². The van der Waals surface area contributed by atoms with Gasteiger partial charge in [0.1, 0.15) is 12.3 Å². The maximum absolute atomic E-state index is 12.6. The molecule has 1 saturated heterocycles. The second-order valence-electron chi connectivity index (χ2n) is 5.66. The van der Waals surface area contributed by atoms with Crippen LogP contribution in [0.4, 0.5) is 0 Å². The average molecular weight is 330 g/mol. The van der Waals surface area contributed by atoms with Crippen LogP contribution in [0.1, 0.15) is 43.5 Å². The Hall–Kier alpha value is -1.53. The van der Waals surface area contributed by atoms with Gasteiger partial charge in [0, 0.05) is 18.6 Å². The van der Waals surface area contributed by atoms with E-state index in [1.54, 1.807) is 13.0 Å². The molecule has 1 aliphatic rings. The van der Waals surface area contributed by atoms with E-state index in [2.05, 4.69) is 5.32 Å². The van der Waals surface area contributed by atoms with Crippen LogP contribution in [-0.4, -0.2) is 41.4 Å². The van der Waals surface area contributed by atoms with Crippen LogP contribution in [0, 0.1) is 0 Å². The fraction of sp³-hybridized carbons (Fsp3) is 0.600. The number of piperidine rings is 1. The van der Waals surface area contributed by atoms with Crippen molar-refractivity contribution in [3.63, 3.8) is 0 Å². The third-order valence-electron chi connectivity index (χ3n) is 3.94. The van der Waals surface area contributed by atoms with Crippen molar-refractivity contribution in [2.45, 2.75) is 51.2 Å². The summed E-state index contributed by atoms with van der Waals surface area (Å²) in [6.07, 6.45) is 5.78. The highest BCUT2D eigenvalue weighted by atomic mass is 35.5. The molecular formula is C15H24ClN3O3. The van der Waals surface area contributed by atoms with Crippen molar-refractivity contribution in [3.8, 4) is 0 Å². The normalized spacial score (nSPS) is 20.7. The smallest absolute Gasteiger partial charge is 0.255 e. The van der Waals surface area contributed by atoms with E-state index in [0.29, 0.717) is 12.1 Å². The number of hydrogen-bond acceptors (Lipinski definition) is 4. The number of likely N-dealkylation sites (tertiary alicyclic amines) is 1. The Morgan fingerprint density at radius 2 is 2.14 bits per heavy atom. The Morgan fingerprint density at radius 1 is 1.41 bits per heavy atom. The summed E-state index contributed by atoms with van der Waals surface area (Å²) in [5.41, 5.74) is 6.39. The number of nitrogens with zero attached hydrogens (tertiary/aromatic N) is 1. The van der Waals surface area contributed by atoms with Crippen LogP contribution in [0.5, 0.6) is 0 Å². The first kappa shape index (κ1) is 18.5. The standard InChI is InChI=1S/C15H23N3O3.ClH/c1-10(16)13-5-3-4-7-18(13)15(20)11(2)17-14(19)12-6-8-21-9-12;/h6,8-11,13H,3-5,7,16H2,1-2H3,(H,17,19);1H. The first-order valence-electron chi connectivity index (χ1n) is 7.40. The summed E-state index contributed by atoms with van der Waals surface area (Å²) in [6, 6.07) is 0.982. The third-order valence-corrected chi connectivity index (χ3v) is 3.94. The molecule has 3 atom stereocenters. The first-order chi connectivity index (χ1) is 10.0. The minimum Gasteiger partial charge on any atom is -0.472 e. The second kappa shape index (κ2) is 8.19. The summed E-state index contributed by atoms with van der Waals surface area (Å²) < 4.78 is 4.87. The lowest BCUT2D eigenvalue weighted by Crippen LogP contribution is -2.56. The van der Waals surface area contributed by atoms with Crippen LogP contribution >= 0.6 is 12.4 Å². The summed E-state index contributed by atoms with van der Waals surface area (Å²) >= 11 is 0. The van der Waals surface area contributed by atoms with Gasteiger partial charge in [-0.25, -0.2) is 0 Å². The van der Waals surface area contributed by atoms with Crippen molar-refractivity contribution in [1.29, 1.82) is 0 Å². The number of hydrogen-bond donors (Lipinski definition) is 2. The molecule has 124 valence electrons. The molecule has 2 amide bonds. The summed E-state index contributed by atoms with van der Waals surface area (Å²) in [7, 11) is 0. The van der Waals surface area contributed by atoms with E-state index in [0.717, 1.165) is 19.3 Å². The van der Waals surface area contributed by atoms with E-state index in [1.807, 2.05) is 11.8 Å². The molecule has 3 N–H and O–H groups in total. The molecule has 0 aromatic carbocycles. The predicted molar refractivity (Wildman–Crippen MR) is 85.9 cm³/mol. The van der Waals surface area contributed by atoms with Crippen LogP contribution in [0.2, 0.25) is 0 Å². The number of carbonyl (C=O) groups excluding carboxylic acids is 2. The summed E-state index contributed by atoms with van der Waals surface area (Å²) in [4.78, 5) is 26.3. The van der Waals surface area contributed by atoms with Gasteiger partial charge in [0.05, 0.1) is 11.8 Å². The monoisotopic (exact) mass is 329 g/mol. The van der Waals surface area contributed by atoms with E-state index in [1.165, 1.54) is 12.5 Å². The molecule has 22 heavy (non-hydrogen) atoms. The molecule has 0 bridgehead atoms. The van der Waals surface area contributed by atoms with Crippen LogP contribution in [0.25, 0.3) is 0 Å². The van der Waals surface area contributed by atoms with Crippen LogP contribution < -0.4 is 11.1 Å². The molecule has 3 unspecified atom stereocenters. The zero-order chi connectivity index (χ0) is 15.4. The zero-order valence-corrected chi connectivity index (χ0v) is 13.8. The minimum atomic E-state index is -0.577. The van der Waals surface area contributed by atoms with Crippen molar-refractivity contribution >= 4 is 24.2 Å². The molecule has 2 heterocycles. The SMILES string of the molecule is CC(NC(=O)c1ccoc1)C(=O)N1CCCCC1C(C)N.Cl. The number of carbonyl (C=O) groups is 2. The molecule has 0 saturated carbocycles. The van der Waals surface area contributed by atoms with Crippen molar-refractivity contribution < 1.29 is 14.0 Å². The molecule has 0 aliphatic carbocycles.